The zero-order valence-corrected chi connectivity index (χ0v) is 13.3. The van der Waals surface area contributed by atoms with Gasteiger partial charge in [-0.15, -0.1) is 0 Å². The maximum Gasteiger partial charge on any atom is 0.263 e. The predicted molar refractivity (Wildman–Crippen MR) is 84.3 cm³/mol. The number of pyridine rings is 1. The fourth-order valence-corrected chi connectivity index (χ4v) is 2.48. The van der Waals surface area contributed by atoms with Crippen LogP contribution in [0.15, 0.2) is 42.6 Å². The van der Waals surface area contributed by atoms with Crippen LogP contribution in [0.2, 0.25) is 0 Å². The van der Waals surface area contributed by atoms with E-state index >= 15 is 0 Å². The Balaban J connectivity index is 1.68. The van der Waals surface area contributed by atoms with E-state index in [1.807, 2.05) is 18.2 Å². The second kappa shape index (κ2) is 6.95. The molecule has 0 bridgehead atoms. The highest BCUT2D eigenvalue weighted by molar-refractivity contribution is 5.81. The lowest BCUT2D eigenvalue weighted by Gasteiger charge is -2.26. The van der Waals surface area contributed by atoms with E-state index in [2.05, 4.69) is 4.98 Å². The van der Waals surface area contributed by atoms with E-state index in [0.717, 1.165) is 30.7 Å². The van der Waals surface area contributed by atoms with Crippen LogP contribution in [0.4, 0.5) is 8.78 Å². The number of rotatable bonds is 6. The van der Waals surface area contributed by atoms with Crippen molar-refractivity contribution in [3.63, 3.8) is 0 Å². The number of amides is 1. The van der Waals surface area contributed by atoms with Gasteiger partial charge < -0.3 is 9.64 Å². The van der Waals surface area contributed by atoms with E-state index < -0.39 is 17.7 Å². The molecule has 0 spiro atoms. The lowest BCUT2D eigenvalue weighted by atomic mass is 10.2. The van der Waals surface area contributed by atoms with Gasteiger partial charge in [-0.1, -0.05) is 6.07 Å². The van der Waals surface area contributed by atoms with Crippen molar-refractivity contribution < 1.29 is 18.3 Å². The van der Waals surface area contributed by atoms with Crippen molar-refractivity contribution in [2.24, 2.45) is 0 Å². The topological polar surface area (TPSA) is 42.4 Å². The number of aromatic nitrogens is 1. The van der Waals surface area contributed by atoms with Crippen molar-refractivity contribution in [3.05, 3.63) is 59.9 Å². The van der Waals surface area contributed by atoms with Crippen molar-refractivity contribution in [3.8, 4) is 5.75 Å². The number of hydrogen-bond donors (Lipinski definition) is 0. The Bertz CT molecular complexity index is 720. The molecule has 0 radical (unpaired) electrons. The minimum atomic E-state index is -1.00. The molecule has 1 fully saturated rings. The van der Waals surface area contributed by atoms with Crippen LogP contribution in [0.5, 0.6) is 5.75 Å². The molecule has 1 aliphatic rings. The Hall–Kier alpha value is -2.50. The summed E-state index contributed by atoms with van der Waals surface area (Å²) in [5.74, 6) is -2.01. The predicted octanol–water partition coefficient (Wildman–Crippen LogP) is 3.32. The smallest absolute Gasteiger partial charge is 0.263 e. The lowest BCUT2D eigenvalue weighted by Crippen LogP contribution is -2.41. The third kappa shape index (κ3) is 3.88. The van der Waals surface area contributed by atoms with Gasteiger partial charge in [-0.3, -0.25) is 9.78 Å². The van der Waals surface area contributed by atoms with Crippen LogP contribution in [0.1, 0.15) is 25.5 Å². The number of nitrogens with zero attached hydrogens (tertiary/aromatic N) is 2. The molecule has 1 aromatic heterocycles. The number of ether oxygens (including phenoxy) is 1. The number of halogens is 2. The molecule has 0 unspecified atom stereocenters. The van der Waals surface area contributed by atoms with Gasteiger partial charge in [0.25, 0.3) is 5.91 Å². The summed E-state index contributed by atoms with van der Waals surface area (Å²) >= 11 is 0. The van der Waals surface area contributed by atoms with Gasteiger partial charge in [-0.25, -0.2) is 8.78 Å². The second-order valence-electron chi connectivity index (χ2n) is 5.85. The Kier molecular flexibility index (Phi) is 4.74. The molecule has 1 atom stereocenters. The Morgan fingerprint density at radius 2 is 2.08 bits per heavy atom. The van der Waals surface area contributed by atoms with Crippen LogP contribution in [0, 0.1) is 11.6 Å². The van der Waals surface area contributed by atoms with Crippen molar-refractivity contribution in [1.29, 1.82) is 0 Å². The summed E-state index contributed by atoms with van der Waals surface area (Å²) < 4.78 is 31.7. The highest BCUT2D eigenvalue weighted by atomic mass is 19.2. The highest BCUT2D eigenvalue weighted by Gasteiger charge is 2.35. The number of hydrogen-bond acceptors (Lipinski definition) is 3. The maximum atomic E-state index is 13.3. The van der Waals surface area contributed by atoms with Gasteiger partial charge in [0.05, 0.1) is 12.2 Å². The Labute approximate surface area is 139 Å². The molecule has 1 saturated carbocycles. The summed E-state index contributed by atoms with van der Waals surface area (Å²) in [7, 11) is 0. The summed E-state index contributed by atoms with van der Waals surface area (Å²) in [6, 6.07) is 8.98. The lowest BCUT2D eigenvalue weighted by molar-refractivity contribution is -0.139. The van der Waals surface area contributed by atoms with Crippen LogP contribution < -0.4 is 4.74 Å². The van der Waals surface area contributed by atoms with E-state index in [0.29, 0.717) is 6.54 Å². The van der Waals surface area contributed by atoms with Crippen LogP contribution >= 0.6 is 0 Å². The third-order valence-electron chi connectivity index (χ3n) is 3.88. The zero-order valence-electron chi connectivity index (χ0n) is 13.3. The average molecular weight is 332 g/mol. The average Bonchev–Trinajstić information content (AvgIpc) is 3.41. The number of carbonyl (C=O) groups is 1. The maximum absolute atomic E-state index is 13.3. The molecule has 1 heterocycles. The highest BCUT2D eigenvalue weighted by Crippen LogP contribution is 2.29. The molecule has 4 nitrogen and oxygen atoms in total. The molecule has 24 heavy (non-hydrogen) atoms. The second-order valence-corrected chi connectivity index (χ2v) is 5.85. The van der Waals surface area contributed by atoms with E-state index in [1.165, 1.54) is 6.07 Å². The molecular weight excluding hydrogens is 314 g/mol. The third-order valence-corrected chi connectivity index (χ3v) is 3.88. The molecule has 1 aromatic carbocycles. The summed E-state index contributed by atoms with van der Waals surface area (Å²) in [5.41, 5.74) is 0.803. The van der Waals surface area contributed by atoms with Crippen molar-refractivity contribution in [2.45, 2.75) is 38.5 Å². The summed E-state index contributed by atoms with van der Waals surface area (Å²) in [5, 5.41) is 0. The fourth-order valence-electron chi connectivity index (χ4n) is 2.48. The van der Waals surface area contributed by atoms with Gasteiger partial charge in [-0.2, -0.15) is 0 Å². The van der Waals surface area contributed by atoms with E-state index in [-0.39, 0.29) is 17.7 Å². The van der Waals surface area contributed by atoms with Crippen molar-refractivity contribution >= 4 is 5.91 Å². The van der Waals surface area contributed by atoms with Gasteiger partial charge >= 0.3 is 0 Å². The molecule has 2 aromatic rings. The molecule has 3 rings (SSSR count). The first kappa shape index (κ1) is 16.4. The van der Waals surface area contributed by atoms with Crippen LogP contribution in [0.25, 0.3) is 0 Å². The molecule has 0 aliphatic heterocycles. The van der Waals surface area contributed by atoms with Crippen LogP contribution in [-0.2, 0) is 11.3 Å². The first-order chi connectivity index (χ1) is 11.5. The van der Waals surface area contributed by atoms with Crippen molar-refractivity contribution in [2.75, 3.05) is 0 Å². The SMILES string of the molecule is C[C@@H](Oc1ccc(F)c(F)c1)C(=O)N(Cc1ccccn1)C1CC1. The quantitative estimate of drug-likeness (QED) is 0.815. The fraction of sp³-hybridized carbons (Fsp3) is 0.333. The minimum Gasteiger partial charge on any atom is -0.481 e. The molecule has 1 aliphatic carbocycles. The first-order valence-corrected chi connectivity index (χ1v) is 7.86. The zero-order chi connectivity index (χ0) is 17.1. The summed E-state index contributed by atoms with van der Waals surface area (Å²) in [6.45, 7) is 2.02. The van der Waals surface area contributed by atoms with Crippen LogP contribution in [-0.4, -0.2) is 27.9 Å². The van der Waals surface area contributed by atoms with Gasteiger partial charge in [0.15, 0.2) is 17.7 Å². The first-order valence-electron chi connectivity index (χ1n) is 7.86. The summed E-state index contributed by atoms with van der Waals surface area (Å²) in [6.07, 6.45) is 2.80. The van der Waals surface area contributed by atoms with E-state index in [1.54, 1.807) is 18.0 Å². The van der Waals surface area contributed by atoms with Gasteiger partial charge in [-0.05, 0) is 44.0 Å². The van der Waals surface area contributed by atoms with E-state index in [9.17, 15) is 13.6 Å². The molecule has 1 amide bonds. The normalized spacial score (nSPS) is 15.0. The Morgan fingerprint density at radius 1 is 1.29 bits per heavy atom. The van der Waals surface area contributed by atoms with E-state index in [4.69, 9.17) is 4.74 Å². The standard InChI is InChI=1S/C18H18F2N2O2/c1-12(24-15-7-8-16(19)17(20)10-15)18(23)22(14-5-6-14)11-13-4-2-3-9-21-13/h2-4,7-10,12,14H,5-6,11H2,1H3/t12-/m1/s1. The Morgan fingerprint density at radius 3 is 2.71 bits per heavy atom. The molecule has 0 N–H and O–H groups in total. The molecule has 6 heteroatoms. The summed E-state index contributed by atoms with van der Waals surface area (Å²) in [4.78, 5) is 18.7. The molecular formula is C18H18F2N2O2. The monoisotopic (exact) mass is 332 g/mol. The number of carbonyl (C=O) groups excluding carboxylic acids is 1. The minimum absolute atomic E-state index is 0.128. The molecule has 0 saturated heterocycles. The van der Waals surface area contributed by atoms with Gasteiger partial charge in [0.2, 0.25) is 0 Å². The molecule has 126 valence electrons. The number of benzene rings is 1. The van der Waals surface area contributed by atoms with Crippen LogP contribution in [0.3, 0.4) is 0 Å². The van der Waals surface area contributed by atoms with Crippen molar-refractivity contribution in [1.82, 2.24) is 9.88 Å². The van der Waals surface area contributed by atoms with Gasteiger partial charge in [0, 0.05) is 18.3 Å². The largest absolute Gasteiger partial charge is 0.481 e. The van der Waals surface area contributed by atoms with Gasteiger partial charge in [0.1, 0.15) is 5.75 Å².